The molecule has 5 heteroatoms. The third-order valence-electron chi connectivity index (χ3n) is 4.12. The van der Waals surface area contributed by atoms with Gasteiger partial charge in [-0.25, -0.2) is 4.98 Å². The number of carbonyl (C=O) groups is 1. The summed E-state index contributed by atoms with van der Waals surface area (Å²) in [7, 11) is 0. The number of amides is 1. The minimum Gasteiger partial charge on any atom is -0.347 e. The summed E-state index contributed by atoms with van der Waals surface area (Å²) < 4.78 is 0. The van der Waals surface area contributed by atoms with Crippen LogP contribution in [0.4, 0.5) is 0 Å². The SMILES string of the molecule is O=C(NCc1ccccc1)c1ccc2cncc(-c3ccncc3)c2n1. The number of carbonyl (C=O) groups excluding carboxylic acids is 1. The van der Waals surface area contributed by atoms with Gasteiger partial charge in [-0.3, -0.25) is 14.8 Å². The molecule has 3 aromatic heterocycles. The molecule has 0 bridgehead atoms. The fraction of sp³-hybridized carbons (Fsp3) is 0.0476. The average molecular weight is 340 g/mol. The monoisotopic (exact) mass is 340 g/mol. The van der Waals surface area contributed by atoms with Gasteiger partial charge in [-0.05, 0) is 35.4 Å². The second-order valence-electron chi connectivity index (χ2n) is 5.86. The summed E-state index contributed by atoms with van der Waals surface area (Å²) in [5.74, 6) is -0.201. The predicted molar refractivity (Wildman–Crippen MR) is 100 cm³/mol. The van der Waals surface area contributed by atoms with Gasteiger partial charge in [0.2, 0.25) is 0 Å². The van der Waals surface area contributed by atoms with Crippen molar-refractivity contribution < 1.29 is 4.79 Å². The highest BCUT2D eigenvalue weighted by Crippen LogP contribution is 2.25. The minimum atomic E-state index is -0.201. The minimum absolute atomic E-state index is 0.201. The Labute approximate surface area is 150 Å². The van der Waals surface area contributed by atoms with Gasteiger partial charge < -0.3 is 5.32 Å². The Hall–Kier alpha value is -3.60. The van der Waals surface area contributed by atoms with Crippen LogP contribution in [0.1, 0.15) is 16.1 Å². The summed E-state index contributed by atoms with van der Waals surface area (Å²) >= 11 is 0. The first-order chi connectivity index (χ1) is 12.8. The molecule has 0 aliphatic heterocycles. The lowest BCUT2D eigenvalue weighted by Crippen LogP contribution is -2.23. The summed E-state index contributed by atoms with van der Waals surface area (Å²) in [5, 5.41) is 3.80. The Balaban J connectivity index is 1.65. The Morgan fingerprint density at radius 3 is 2.50 bits per heavy atom. The molecule has 0 aliphatic carbocycles. The standard InChI is InChI=1S/C21H16N4O/c26-21(24-12-15-4-2-1-3-5-15)19-7-6-17-13-23-14-18(20(17)25-19)16-8-10-22-11-9-16/h1-11,13-14H,12H2,(H,24,26). The average Bonchev–Trinajstić information content (AvgIpc) is 2.72. The quantitative estimate of drug-likeness (QED) is 0.616. The molecule has 5 nitrogen and oxygen atoms in total. The van der Waals surface area contributed by atoms with Crippen LogP contribution in [0.2, 0.25) is 0 Å². The van der Waals surface area contributed by atoms with Crippen LogP contribution in [0.15, 0.2) is 79.4 Å². The zero-order valence-corrected chi connectivity index (χ0v) is 14.0. The number of benzene rings is 1. The number of hydrogen-bond donors (Lipinski definition) is 1. The number of fused-ring (bicyclic) bond motifs is 1. The van der Waals surface area contributed by atoms with Gasteiger partial charge >= 0.3 is 0 Å². The topological polar surface area (TPSA) is 67.8 Å². The van der Waals surface area contributed by atoms with E-state index in [1.54, 1.807) is 30.9 Å². The van der Waals surface area contributed by atoms with Gasteiger partial charge in [-0.1, -0.05) is 30.3 Å². The molecule has 0 unspecified atom stereocenters. The van der Waals surface area contributed by atoms with Gasteiger partial charge in [-0.2, -0.15) is 0 Å². The Kier molecular flexibility index (Phi) is 4.35. The van der Waals surface area contributed by atoms with Crippen LogP contribution in [0, 0.1) is 0 Å². The third-order valence-corrected chi connectivity index (χ3v) is 4.12. The molecule has 26 heavy (non-hydrogen) atoms. The van der Waals surface area contributed by atoms with E-state index in [1.807, 2.05) is 48.5 Å². The molecule has 0 atom stereocenters. The number of aromatic nitrogens is 3. The zero-order chi connectivity index (χ0) is 17.8. The Bertz CT molecular complexity index is 1050. The second-order valence-corrected chi connectivity index (χ2v) is 5.86. The summed E-state index contributed by atoms with van der Waals surface area (Å²) in [6, 6.07) is 17.2. The molecule has 0 spiro atoms. The van der Waals surface area contributed by atoms with Crippen LogP contribution in [0.25, 0.3) is 22.0 Å². The number of rotatable bonds is 4. The van der Waals surface area contributed by atoms with Crippen molar-refractivity contribution in [2.24, 2.45) is 0 Å². The van der Waals surface area contributed by atoms with Crippen molar-refractivity contribution >= 4 is 16.8 Å². The zero-order valence-electron chi connectivity index (χ0n) is 14.0. The number of nitrogens with zero attached hydrogens (tertiary/aromatic N) is 3. The molecule has 3 heterocycles. The van der Waals surface area contributed by atoms with E-state index in [9.17, 15) is 4.79 Å². The van der Waals surface area contributed by atoms with Crippen LogP contribution >= 0.6 is 0 Å². The predicted octanol–water partition coefficient (Wildman–Crippen LogP) is 3.62. The van der Waals surface area contributed by atoms with Crippen molar-refractivity contribution in [3.05, 3.63) is 90.6 Å². The smallest absolute Gasteiger partial charge is 0.270 e. The van der Waals surface area contributed by atoms with E-state index in [1.165, 1.54) is 0 Å². The first-order valence-corrected chi connectivity index (χ1v) is 8.28. The van der Waals surface area contributed by atoms with Crippen molar-refractivity contribution in [2.45, 2.75) is 6.54 Å². The first-order valence-electron chi connectivity index (χ1n) is 8.28. The molecule has 0 saturated carbocycles. The van der Waals surface area contributed by atoms with Crippen LogP contribution in [0.3, 0.4) is 0 Å². The Morgan fingerprint density at radius 2 is 1.69 bits per heavy atom. The van der Waals surface area contributed by atoms with E-state index < -0.39 is 0 Å². The van der Waals surface area contributed by atoms with Crippen LogP contribution in [0.5, 0.6) is 0 Å². The molecule has 126 valence electrons. The lowest BCUT2D eigenvalue weighted by Gasteiger charge is -2.08. The van der Waals surface area contributed by atoms with Gasteiger partial charge in [0.05, 0.1) is 5.52 Å². The molecule has 0 aliphatic rings. The van der Waals surface area contributed by atoms with Crippen molar-refractivity contribution in [1.29, 1.82) is 0 Å². The maximum atomic E-state index is 12.5. The fourth-order valence-electron chi connectivity index (χ4n) is 2.78. The van der Waals surface area contributed by atoms with Gasteiger partial charge in [0.25, 0.3) is 5.91 Å². The second kappa shape index (κ2) is 7.11. The highest BCUT2D eigenvalue weighted by molar-refractivity contribution is 5.98. The van der Waals surface area contributed by atoms with E-state index in [2.05, 4.69) is 20.3 Å². The van der Waals surface area contributed by atoms with Gasteiger partial charge in [0.1, 0.15) is 5.69 Å². The van der Waals surface area contributed by atoms with Crippen molar-refractivity contribution in [1.82, 2.24) is 20.3 Å². The summed E-state index contributed by atoms with van der Waals surface area (Å²) in [6.45, 7) is 0.465. The normalized spacial score (nSPS) is 10.6. The maximum absolute atomic E-state index is 12.5. The van der Waals surface area contributed by atoms with E-state index in [-0.39, 0.29) is 5.91 Å². The molecular weight excluding hydrogens is 324 g/mol. The summed E-state index contributed by atoms with van der Waals surface area (Å²) in [6.07, 6.45) is 6.96. The molecule has 4 aromatic rings. The number of hydrogen-bond acceptors (Lipinski definition) is 4. The van der Waals surface area contributed by atoms with Gasteiger partial charge in [-0.15, -0.1) is 0 Å². The van der Waals surface area contributed by atoms with Crippen molar-refractivity contribution in [3.8, 4) is 11.1 Å². The van der Waals surface area contributed by atoms with Crippen LogP contribution < -0.4 is 5.32 Å². The molecular formula is C21H16N4O. The fourth-order valence-corrected chi connectivity index (χ4v) is 2.78. The van der Waals surface area contributed by atoms with Crippen LogP contribution in [-0.2, 0) is 6.54 Å². The van der Waals surface area contributed by atoms with Gasteiger partial charge in [0.15, 0.2) is 0 Å². The highest BCUT2D eigenvalue weighted by Gasteiger charge is 2.11. The first kappa shape index (κ1) is 15.9. The summed E-state index contributed by atoms with van der Waals surface area (Å²) in [5.41, 5.74) is 4.02. The molecule has 1 N–H and O–H groups in total. The molecule has 1 aromatic carbocycles. The molecule has 0 fully saturated rings. The molecule has 4 rings (SSSR count). The number of pyridine rings is 3. The lowest BCUT2D eigenvalue weighted by molar-refractivity contribution is 0.0946. The lowest BCUT2D eigenvalue weighted by atomic mass is 10.1. The third kappa shape index (κ3) is 3.28. The molecule has 1 amide bonds. The van der Waals surface area contributed by atoms with E-state index >= 15 is 0 Å². The van der Waals surface area contributed by atoms with E-state index in [4.69, 9.17) is 0 Å². The number of nitrogens with one attached hydrogen (secondary N) is 1. The van der Waals surface area contributed by atoms with E-state index in [0.29, 0.717) is 12.2 Å². The van der Waals surface area contributed by atoms with Crippen molar-refractivity contribution in [2.75, 3.05) is 0 Å². The maximum Gasteiger partial charge on any atom is 0.270 e. The molecule has 0 radical (unpaired) electrons. The van der Waals surface area contributed by atoms with E-state index in [0.717, 1.165) is 27.6 Å². The van der Waals surface area contributed by atoms with Gasteiger partial charge in [0, 0.05) is 42.3 Å². The largest absolute Gasteiger partial charge is 0.347 e. The van der Waals surface area contributed by atoms with Crippen LogP contribution in [-0.4, -0.2) is 20.9 Å². The molecule has 0 saturated heterocycles. The summed E-state index contributed by atoms with van der Waals surface area (Å²) in [4.78, 5) is 25.4. The van der Waals surface area contributed by atoms with Crippen molar-refractivity contribution in [3.63, 3.8) is 0 Å². The highest BCUT2D eigenvalue weighted by atomic mass is 16.1. The Morgan fingerprint density at radius 1 is 0.885 bits per heavy atom.